The van der Waals surface area contributed by atoms with Gasteiger partial charge in [0.2, 0.25) is 0 Å². The number of benzene rings is 1. The van der Waals surface area contributed by atoms with Crippen LogP contribution in [0.15, 0.2) is 18.2 Å². The van der Waals surface area contributed by atoms with Crippen LogP contribution in [0.4, 0.5) is 8.78 Å². The summed E-state index contributed by atoms with van der Waals surface area (Å²) in [6, 6.07) is 3.55. The van der Waals surface area contributed by atoms with Gasteiger partial charge in [-0.2, -0.15) is 0 Å². The second kappa shape index (κ2) is 5.02. The van der Waals surface area contributed by atoms with Crippen molar-refractivity contribution in [1.29, 1.82) is 0 Å². The van der Waals surface area contributed by atoms with E-state index in [1.807, 2.05) is 0 Å². The number of halogens is 2. The van der Waals surface area contributed by atoms with E-state index in [-0.39, 0.29) is 11.2 Å². The molecular formula is C13H15F2NO2. The van der Waals surface area contributed by atoms with E-state index in [1.54, 1.807) is 7.11 Å². The molecule has 0 heterocycles. The molecule has 0 aliphatic heterocycles. The summed E-state index contributed by atoms with van der Waals surface area (Å²) in [4.78, 5) is 11.7. The maximum absolute atomic E-state index is 13.4. The number of hydrogen-bond donors (Lipinski definition) is 1. The first-order valence-corrected chi connectivity index (χ1v) is 5.85. The molecule has 0 atom stereocenters. The molecule has 1 fully saturated rings. The molecule has 0 unspecified atom stereocenters. The Bertz CT molecular complexity index is 453. The van der Waals surface area contributed by atoms with E-state index >= 15 is 0 Å². The van der Waals surface area contributed by atoms with Gasteiger partial charge in [-0.05, 0) is 31.4 Å². The van der Waals surface area contributed by atoms with Crippen molar-refractivity contribution >= 4 is 5.91 Å². The van der Waals surface area contributed by atoms with Crippen LogP contribution in [0.2, 0.25) is 0 Å². The highest BCUT2D eigenvalue weighted by Crippen LogP contribution is 2.34. The fourth-order valence-corrected chi connectivity index (χ4v) is 2.04. The topological polar surface area (TPSA) is 38.3 Å². The number of amides is 1. The van der Waals surface area contributed by atoms with Gasteiger partial charge in [0.15, 0.2) is 11.6 Å². The highest BCUT2D eigenvalue weighted by atomic mass is 19.2. The molecule has 1 aromatic rings. The first-order valence-electron chi connectivity index (χ1n) is 5.85. The van der Waals surface area contributed by atoms with E-state index in [1.165, 1.54) is 12.1 Å². The van der Waals surface area contributed by atoms with Crippen molar-refractivity contribution in [1.82, 2.24) is 5.32 Å². The maximum atomic E-state index is 13.4. The van der Waals surface area contributed by atoms with Crippen LogP contribution in [0.3, 0.4) is 0 Å². The summed E-state index contributed by atoms with van der Waals surface area (Å²) in [6.07, 6.45) is 2.79. The lowest BCUT2D eigenvalue weighted by molar-refractivity contribution is -0.0679. The smallest absolute Gasteiger partial charge is 0.254 e. The van der Waals surface area contributed by atoms with Gasteiger partial charge in [-0.15, -0.1) is 0 Å². The molecule has 1 amide bonds. The van der Waals surface area contributed by atoms with Crippen LogP contribution in [-0.4, -0.2) is 25.2 Å². The summed E-state index contributed by atoms with van der Waals surface area (Å²) in [5, 5.41) is 2.59. The molecule has 1 N–H and O–H groups in total. The molecule has 2 rings (SSSR count). The van der Waals surface area contributed by atoms with Gasteiger partial charge in [-0.1, -0.05) is 6.07 Å². The average molecular weight is 255 g/mol. The second-order valence-electron chi connectivity index (χ2n) is 4.52. The van der Waals surface area contributed by atoms with Crippen molar-refractivity contribution in [3.8, 4) is 0 Å². The van der Waals surface area contributed by atoms with E-state index in [2.05, 4.69) is 5.32 Å². The van der Waals surface area contributed by atoms with Crippen LogP contribution in [-0.2, 0) is 4.74 Å². The summed E-state index contributed by atoms with van der Waals surface area (Å²) in [5.74, 6) is -2.75. The van der Waals surface area contributed by atoms with Gasteiger partial charge in [-0.25, -0.2) is 8.78 Å². The lowest BCUT2D eigenvalue weighted by Gasteiger charge is -2.40. The van der Waals surface area contributed by atoms with E-state index in [0.717, 1.165) is 25.3 Å². The molecule has 1 aliphatic rings. The molecule has 1 saturated carbocycles. The van der Waals surface area contributed by atoms with Gasteiger partial charge in [0.1, 0.15) is 0 Å². The standard InChI is InChI=1S/C13H15F2NO2/c1-18-13(6-3-7-13)8-16-12(17)9-4-2-5-10(14)11(9)15/h2,4-5H,3,6-8H2,1H3,(H,16,17). The Morgan fingerprint density at radius 3 is 2.72 bits per heavy atom. The van der Waals surface area contributed by atoms with Crippen molar-refractivity contribution in [2.75, 3.05) is 13.7 Å². The van der Waals surface area contributed by atoms with Crippen LogP contribution < -0.4 is 5.32 Å². The normalized spacial score (nSPS) is 17.1. The van der Waals surface area contributed by atoms with E-state index < -0.39 is 17.5 Å². The third kappa shape index (κ3) is 2.36. The zero-order valence-electron chi connectivity index (χ0n) is 10.1. The molecule has 1 aliphatic carbocycles. The number of hydrogen-bond acceptors (Lipinski definition) is 2. The molecule has 0 saturated heterocycles. The van der Waals surface area contributed by atoms with Gasteiger partial charge < -0.3 is 10.1 Å². The van der Waals surface area contributed by atoms with E-state index in [0.29, 0.717) is 6.54 Å². The van der Waals surface area contributed by atoms with Gasteiger partial charge in [0.25, 0.3) is 5.91 Å². The lowest BCUT2D eigenvalue weighted by atomic mass is 9.80. The SMILES string of the molecule is COC1(CNC(=O)c2cccc(F)c2F)CCC1. The highest BCUT2D eigenvalue weighted by molar-refractivity contribution is 5.94. The minimum absolute atomic E-state index is 0.277. The molecule has 98 valence electrons. The fourth-order valence-electron chi connectivity index (χ4n) is 2.04. The number of carbonyl (C=O) groups excluding carboxylic acids is 1. The fraction of sp³-hybridized carbons (Fsp3) is 0.462. The van der Waals surface area contributed by atoms with Gasteiger partial charge in [0.05, 0.1) is 11.2 Å². The Kier molecular flexibility index (Phi) is 3.61. The number of methoxy groups -OCH3 is 1. The van der Waals surface area contributed by atoms with Gasteiger partial charge >= 0.3 is 0 Å². The third-order valence-corrected chi connectivity index (χ3v) is 3.47. The molecule has 3 nitrogen and oxygen atoms in total. The third-order valence-electron chi connectivity index (χ3n) is 3.47. The Hall–Kier alpha value is -1.49. The molecule has 0 bridgehead atoms. The van der Waals surface area contributed by atoms with Crippen LogP contribution in [0, 0.1) is 11.6 Å². The first kappa shape index (κ1) is 13.0. The number of rotatable bonds is 4. The Labute approximate surface area is 104 Å². The molecule has 18 heavy (non-hydrogen) atoms. The Morgan fingerprint density at radius 1 is 1.44 bits per heavy atom. The minimum atomic E-state index is -1.12. The van der Waals surface area contributed by atoms with Crippen LogP contribution in [0.1, 0.15) is 29.6 Å². The largest absolute Gasteiger partial charge is 0.376 e. The predicted molar refractivity (Wildman–Crippen MR) is 62.3 cm³/mol. The second-order valence-corrected chi connectivity index (χ2v) is 4.52. The minimum Gasteiger partial charge on any atom is -0.376 e. The number of carbonyl (C=O) groups is 1. The zero-order valence-corrected chi connectivity index (χ0v) is 10.1. The van der Waals surface area contributed by atoms with Gasteiger partial charge in [-0.3, -0.25) is 4.79 Å². The molecular weight excluding hydrogens is 240 g/mol. The van der Waals surface area contributed by atoms with Crippen molar-refractivity contribution in [2.24, 2.45) is 0 Å². The van der Waals surface area contributed by atoms with Crippen LogP contribution >= 0.6 is 0 Å². The number of ether oxygens (including phenoxy) is 1. The van der Waals surface area contributed by atoms with Crippen LogP contribution in [0.5, 0.6) is 0 Å². The molecule has 5 heteroatoms. The van der Waals surface area contributed by atoms with E-state index in [9.17, 15) is 13.6 Å². The van der Waals surface area contributed by atoms with Gasteiger partial charge in [0, 0.05) is 13.7 Å². The van der Waals surface area contributed by atoms with Crippen molar-refractivity contribution in [3.05, 3.63) is 35.4 Å². The average Bonchev–Trinajstić information content (AvgIpc) is 2.31. The van der Waals surface area contributed by atoms with Crippen molar-refractivity contribution in [2.45, 2.75) is 24.9 Å². The predicted octanol–water partition coefficient (Wildman–Crippen LogP) is 2.26. The quantitative estimate of drug-likeness (QED) is 0.896. The number of nitrogens with one attached hydrogen (secondary N) is 1. The highest BCUT2D eigenvalue weighted by Gasteiger charge is 2.37. The summed E-state index contributed by atoms with van der Waals surface area (Å²) >= 11 is 0. The maximum Gasteiger partial charge on any atom is 0.254 e. The summed E-state index contributed by atoms with van der Waals surface area (Å²) in [7, 11) is 1.59. The van der Waals surface area contributed by atoms with Crippen LogP contribution in [0.25, 0.3) is 0 Å². The van der Waals surface area contributed by atoms with Crippen molar-refractivity contribution < 1.29 is 18.3 Å². The lowest BCUT2D eigenvalue weighted by Crippen LogP contribution is -2.49. The first-order chi connectivity index (χ1) is 8.58. The van der Waals surface area contributed by atoms with Crippen molar-refractivity contribution in [3.63, 3.8) is 0 Å². The molecule has 0 spiro atoms. The summed E-state index contributed by atoms with van der Waals surface area (Å²) < 4.78 is 31.7. The Balaban J connectivity index is 2.02. The molecule has 0 radical (unpaired) electrons. The summed E-state index contributed by atoms with van der Waals surface area (Å²) in [5.41, 5.74) is -0.611. The summed E-state index contributed by atoms with van der Waals surface area (Å²) in [6.45, 7) is 0.318. The Morgan fingerprint density at radius 2 is 2.17 bits per heavy atom. The monoisotopic (exact) mass is 255 g/mol. The zero-order chi connectivity index (χ0) is 13.2. The molecule has 0 aromatic heterocycles. The molecule has 1 aromatic carbocycles. The van der Waals surface area contributed by atoms with E-state index in [4.69, 9.17) is 4.74 Å².